The van der Waals surface area contributed by atoms with Gasteiger partial charge in [0.2, 0.25) is 0 Å². The zero-order valence-corrected chi connectivity index (χ0v) is 27.3. The van der Waals surface area contributed by atoms with Crippen molar-refractivity contribution < 1.29 is 28.2 Å². The van der Waals surface area contributed by atoms with Crippen LogP contribution in [0.3, 0.4) is 0 Å². The molecule has 0 aromatic rings. The third-order valence-electron chi connectivity index (χ3n) is 12.7. The van der Waals surface area contributed by atoms with E-state index < -0.39 is 24.2 Å². The lowest BCUT2D eigenvalue weighted by Crippen LogP contribution is -2.73. The van der Waals surface area contributed by atoms with Crippen LogP contribution in [0.4, 0.5) is 4.39 Å². The lowest BCUT2D eigenvalue weighted by Gasteiger charge is -2.60. The van der Waals surface area contributed by atoms with E-state index in [4.69, 9.17) is 14.2 Å². The Labute approximate surface area is 273 Å². The smallest absolute Gasteiger partial charge is 0.256 e. The van der Waals surface area contributed by atoms with Gasteiger partial charge in [0.05, 0.1) is 61.3 Å². The molecule has 5 aliphatic heterocycles. The van der Waals surface area contributed by atoms with Crippen molar-refractivity contribution >= 4 is 11.7 Å². The number of halogens is 1. The molecule has 11 atom stereocenters. The number of amides is 1. The topological polar surface area (TPSA) is 95.6 Å². The highest BCUT2D eigenvalue weighted by atomic mass is 19.1. The number of carbonyl (C=O) groups is 2. The lowest BCUT2D eigenvalue weighted by atomic mass is 9.67. The minimum Gasteiger partial charge on any atom is -0.379 e. The number of hydrogen-bond acceptors (Lipinski definition) is 9. The average Bonchev–Trinajstić information content (AvgIpc) is 3.72. The molecule has 46 heavy (non-hydrogen) atoms. The minimum atomic E-state index is -1.22. The van der Waals surface area contributed by atoms with Crippen molar-refractivity contribution in [3.05, 3.63) is 11.8 Å². The van der Waals surface area contributed by atoms with Crippen molar-refractivity contribution in [2.45, 2.75) is 113 Å². The maximum absolute atomic E-state index is 16.2. The molecule has 3 saturated carbocycles. The second kappa shape index (κ2) is 13.7. The molecule has 11 heteroatoms. The Morgan fingerprint density at radius 1 is 0.870 bits per heavy atom. The van der Waals surface area contributed by atoms with E-state index in [9.17, 15) is 9.59 Å². The van der Waals surface area contributed by atoms with Gasteiger partial charge in [0.15, 0.2) is 5.78 Å². The summed E-state index contributed by atoms with van der Waals surface area (Å²) in [6.45, 7) is 8.51. The van der Waals surface area contributed by atoms with Crippen molar-refractivity contribution in [2.75, 3.05) is 65.6 Å². The summed E-state index contributed by atoms with van der Waals surface area (Å²) in [4.78, 5) is 34.6. The molecule has 0 aromatic carbocycles. The van der Waals surface area contributed by atoms with Crippen LogP contribution in [-0.4, -0.2) is 141 Å². The molecule has 4 saturated heterocycles. The summed E-state index contributed by atoms with van der Waals surface area (Å²) in [5.41, 5.74) is 0.189. The quantitative estimate of drug-likeness (QED) is 0.289. The molecule has 0 aromatic heterocycles. The Kier molecular flexibility index (Phi) is 9.42. The number of Topliss-reactive ketones (excluding diaryl/α,β-unsaturated/α-hetero) is 1. The Bertz CT molecular complexity index is 1150. The molecule has 0 spiro atoms. The first-order valence-corrected chi connectivity index (χ1v) is 18.6. The Morgan fingerprint density at radius 3 is 2.52 bits per heavy atom. The van der Waals surface area contributed by atoms with E-state index in [1.54, 1.807) is 0 Å². The van der Waals surface area contributed by atoms with Gasteiger partial charge in [-0.1, -0.05) is 12.8 Å². The van der Waals surface area contributed by atoms with Crippen LogP contribution < -0.4 is 10.6 Å². The molecular weight excluding hydrogens is 589 g/mol. The molecule has 8 rings (SSSR count). The molecule has 7 fully saturated rings. The number of carbonyl (C=O) groups excluding carboxylic acids is 2. The van der Waals surface area contributed by atoms with E-state index >= 15 is 4.39 Å². The van der Waals surface area contributed by atoms with Crippen molar-refractivity contribution in [1.29, 1.82) is 0 Å². The van der Waals surface area contributed by atoms with Gasteiger partial charge < -0.3 is 34.6 Å². The van der Waals surface area contributed by atoms with E-state index in [-0.39, 0.29) is 48.0 Å². The molecule has 0 bridgehead atoms. The standard InChI is InChI=1S/C35H54FN5O5/c36-26-18-24-32-34(31(26)37-8-5-12-40-14-16-44-17-15-40)46-30-19-23-22-6-1-2-7-28(22)45-29(23)20-27(30)41(32)21-25(33(24)42)35(43)38-9-13-39-10-3-4-11-39/h21-24,26-32,34,37H,1-20H2,(H,38,43). The number of ketones is 1. The van der Waals surface area contributed by atoms with Gasteiger partial charge in [0, 0.05) is 38.3 Å². The summed E-state index contributed by atoms with van der Waals surface area (Å²) < 4.78 is 35.4. The molecular formula is C35H54FN5O5. The predicted octanol–water partition coefficient (Wildman–Crippen LogP) is 1.88. The number of likely N-dealkylation sites (tertiary alicyclic amines) is 1. The zero-order valence-electron chi connectivity index (χ0n) is 27.3. The van der Waals surface area contributed by atoms with Gasteiger partial charge in [-0.2, -0.15) is 0 Å². The third kappa shape index (κ3) is 6.06. The van der Waals surface area contributed by atoms with Crippen molar-refractivity contribution in [1.82, 2.24) is 25.3 Å². The van der Waals surface area contributed by atoms with Gasteiger partial charge in [-0.15, -0.1) is 0 Å². The molecule has 5 heterocycles. The summed E-state index contributed by atoms with van der Waals surface area (Å²) in [5.74, 6) is -0.0949. The molecule has 0 radical (unpaired) electrons. The van der Waals surface area contributed by atoms with Crippen LogP contribution in [0, 0.1) is 17.8 Å². The summed E-state index contributed by atoms with van der Waals surface area (Å²) in [6, 6.07) is -0.742. The summed E-state index contributed by atoms with van der Waals surface area (Å²) in [7, 11) is 0. The van der Waals surface area contributed by atoms with E-state index in [2.05, 4.69) is 25.3 Å². The number of hydrogen-bond donors (Lipinski definition) is 2. The summed E-state index contributed by atoms with van der Waals surface area (Å²) in [5, 5.41) is 6.60. The van der Waals surface area contributed by atoms with Gasteiger partial charge in [-0.3, -0.25) is 14.5 Å². The fourth-order valence-corrected chi connectivity index (χ4v) is 10.5. The van der Waals surface area contributed by atoms with Crippen molar-refractivity contribution in [2.24, 2.45) is 17.8 Å². The largest absolute Gasteiger partial charge is 0.379 e. The van der Waals surface area contributed by atoms with E-state index in [1.807, 2.05) is 6.20 Å². The number of nitrogens with zero attached hydrogens (tertiary/aromatic N) is 3. The first-order chi connectivity index (χ1) is 22.5. The molecule has 3 aliphatic carbocycles. The van der Waals surface area contributed by atoms with Crippen LogP contribution >= 0.6 is 0 Å². The van der Waals surface area contributed by atoms with Gasteiger partial charge in [-0.25, -0.2) is 4.39 Å². The minimum absolute atomic E-state index is 0.0174. The first-order valence-electron chi connectivity index (χ1n) is 18.6. The highest BCUT2D eigenvalue weighted by molar-refractivity contribution is 6.20. The van der Waals surface area contributed by atoms with Crippen molar-refractivity contribution in [3.63, 3.8) is 0 Å². The number of fused-ring (bicyclic) bond motifs is 5. The maximum Gasteiger partial charge on any atom is 0.256 e. The van der Waals surface area contributed by atoms with Crippen molar-refractivity contribution in [3.8, 4) is 0 Å². The highest BCUT2D eigenvalue weighted by Crippen LogP contribution is 2.52. The summed E-state index contributed by atoms with van der Waals surface area (Å²) in [6.07, 6.45) is 10.7. The van der Waals surface area contributed by atoms with Gasteiger partial charge in [0.1, 0.15) is 6.17 Å². The molecule has 2 N–H and O–H groups in total. The molecule has 11 unspecified atom stereocenters. The third-order valence-corrected chi connectivity index (χ3v) is 12.7. The lowest BCUT2D eigenvalue weighted by molar-refractivity contribution is -0.209. The average molecular weight is 644 g/mol. The number of rotatable bonds is 9. The number of alkyl halides is 1. The van der Waals surface area contributed by atoms with Gasteiger partial charge in [0.25, 0.3) is 5.91 Å². The molecule has 10 nitrogen and oxygen atoms in total. The summed E-state index contributed by atoms with van der Waals surface area (Å²) >= 11 is 0. The zero-order chi connectivity index (χ0) is 31.2. The van der Waals surface area contributed by atoms with Crippen LogP contribution in [0.2, 0.25) is 0 Å². The molecule has 1 amide bonds. The normalized spacial score (nSPS) is 42.5. The Hall–Kier alpha value is -1.63. The number of ether oxygens (including phenoxy) is 3. The van der Waals surface area contributed by atoms with E-state index in [0.717, 1.165) is 78.2 Å². The first kappa shape index (κ1) is 31.6. The van der Waals surface area contributed by atoms with Crippen LogP contribution in [0.1, 0.15) is 64.2 Å². The molecule has 256 valence electrons. The van der Waals surface area contributed by atoms with Crippen LogP contribution in [0.15, 0.2) is 11.8 Å². The number of morpholine rings is 2. The fourth-order valence-electron chi connectivity index (χ4n) is 10.5. The Balaban J connectivity index is 1.02. The van der Waals surface area contributed by atoms with Gasteiger partial charge in [-0.05, 0) is 89.4 Å². The molecule has 8 aliphatic rings. The second-order valence-corrected chi connectivity index (χ2v) is 15.3. The highest BCUT2D eigenvalue weighted by Gasteiger charge is 2.61. The monoisotopic (exact) mass is 643 g/mol. The maximum atomic E-state index is 16.2. The van der Waals surface area contributed by atoms with Crippen LogP contribution in [0.25, 0.3) is 0 Å². The van der Waals surface area contributed by atoms with Gasteiger partial charge >= 0.3 is 0 Å². The SMILES string of the molecule is O=C(NCCN1CCCC1)C1=CN2C3CC4OC5CCCCC5C4CC3OC3C(NCCCN4CCOCC4)C(F)CC(C1=O)C32. The van der Waals surface area contributed by atoms with E-state index in [0.29, 0.717) is 31.0 Å². The second-order valence-electron chi connectivity index (χ2n) is 15.3. The number of nitrogens with one attached hydrogen (secondary N) is 2. The fraction of sp³-hybridized carbons (Fsp3) is 0.886. The Morgan fingerprint density at radius 2 is 1.67 bits per heavy atom. The van der Waals surface area contributed by atoms with E-state index in [1.165, 1.54) is 32.1 Å². The van der Waals surface area contributed by atoms with Crippen LogP contribution in [-0.2, 0) is 23.8 Å². The van der Waals surface area contributed by atoms with Crippen LogP contribution in [0.5, 0.6) is 0 Å². The predicted molar refractivity (Wildman–Crippen MR) is 170 cm³/mol.